The molecule has 0 unspecified atom stereocenters. The fraction of sp³-hybridized carbons (Fsp3) is 0.100. The number of anilines is 2. The van der Waals surface area contributed by atoms with Gasteiger partial charge in [0.15, 0.2) is 0 Å². The minimum Gasteiger partial charge on any atom is -0.494 e. The molecule has 5 nitrogen and oxygen atoms in total. The molecule has 1 heterocycles. The third kappa shape index (κ3) is 3.77. The van der Waals surface area contributed by atoms with E-state index in [9.17, 15) is 4.79 Å². The number of amides is 1. The van der Waals surface area contributed by atoms with Crippen LogP contribution in [0.4, 0.5) is 11.5 Å². The first-order chi connectivity index (χ1) is 12.2. The molecule has 3 N–H and O–H groups in total. The Morgan fingerprint density at radius 3 is 2.44 bits per heavy atom. The first-order valence-corrected chi connectivity index (χ1v) is 8.03. The van der Waals surface area contributed by atoms with E-state index >= 15 is 0 Å². The summed E-state index contributed by atoms with van der Waals surface area (Å²) in [4.78, 5) is 16.4. The standard InChI is InChI=1S/C20H19N3O2/c1-2-25-16-10-8-14(9-11-16)17-12-13-22-20(18(17)19(21)24)23-15-6-4-3-5-7-15/h3-13H,2H2,1H3,(H2,21,24)(H,22,23). The number of aromatic nitrogens is 1. The topological polar surface area (TPSA) is 77.2 Å². The highest BCUT2D eigenvalue weighted by atomic mass is 16.5. The van der Waals surface area contributed by atoms with E-state index in [4.69, 9.17) is 10.5 Å². The predicted molar refractivity (Wildman–Crippen MR) is 99.1 cm³/mol. The van der Waals surface area contributed by atoms with Crippen molar-refractivity contribution in [1.82, 2.24) is 4.98 Å². The van der Waals surface area contributed by atoms with Crippen molar-refractivity contribution in [1.29, 1.82) is 0 Å². The Kier molecular flexibility index (Phi) is 4.95. The predicted octanol–water partition coefficient (Wildman–Crippen LogP) is 3.99. The number of para-hydroxylation sites is 1. The summed E-state index contributed by atoms with van der Waals surface area (Å²) in [5.74, 6) is 0.684. The van der Waals surface area contributed by atoms with Gasteiger partial charge < -0.3 is 15.8 Å². The molecule has 3 aromatic rings. The monoisotopic (exact) mass is 333 g/mol. The fourth-order valence-corrected chi connectivity index (χ4v) is 2.60. The van der Waals surface area contributed by atoms with E-state index in [1.165, 1.54) is 0 Å². The number of nitrogens with one attached hydrogen (secondary N) is 1. The van der Waals surface area contributed by atoms with Crippen molar-refractivity contribution in [2.24, 2.45) is 5.73 Å². The second kappa shape index (κ2) is 7.49. The van der Waals surface area contributed by atoms with Gasteiger partial charge in [0.25, 0.3) is 5.91 Å². The maximum atomic E-state index is 12.1. The van der Waals surface area contributed by atoms with Crippen molar-refractivity contribution in [3.8, 4) is 16.9 Å². The Bertz CT molecular complexity index is 862. The summed E-state index contributed by atoms with van der Waals surface area (Å²) in [6.07, 6.45) is 1.66. The van der Waals surface area contributed by atoms with Gasteiger partial charge in [-0.05, 0) is 48.4 Å². The molecule has 0 aliphatic rings. The van der Waals surface area contributed by atoms with Crippen molar-refractivity contribution in [3.63, 3.8) is 0 Å². The fourth-order valence-electron chi connectivity index (χ4n) is 2.60. The van der Waals surface area contributed by atoms with Crippen LogP contribution in [-0.4, -0.2) is 17.5 Å². The second-order valence-electron chi connectivity index (χ2n) is 5.39. The highest BCUT2D eigenvalue weighted by molar-refractivity contribution is 6.04. The molecule has 0 bridgehead atoms. The summed E-state index contributed by atoms with van der Waals surface area (Å²) >= 11 is 0. The second-order valence-corrected chi connectivity index (χ2v) is 5.39. The molecule has 3 rings (SSSR count). The minimum atomic E-state index is -0.532. The van der Waals surface area contributed by atoms with Crippen molar-refractivity contribution in [2.75, 3.05) is 11.9 Å². The lowest BCUT2D eigenvalue weighted by Gasteiger charge is -2.13. The van der Waals surface area contributed by atoms with Crippen molar-refractivity contribution >= 4 is 17.4 Å². The summed E-state index contributed by atoms with van der Waals surface area (Å²) in [6, 6.07) is 18.9. The van der Waals surface area contributed by atoms with Crippen LogP contribution < -0.4 is 15.8 Å². The van der Waals surface area contributed by atoms with Crippen LogP contribution in [0.15, 0.2) is 66.9 Å². The van der Waals surface area contributed by atoms with Gasteiger partial charge in [0, 0.05) is 11.9 Å². The summed E-state index contributed by atoms with van der Waals surface area (Å²) in [7, 11) is 0. The molecule has 1 aromatic heterocycles. The van der Waals surface area contributed by atoms with Crippen molar-refractivity contribution in [3.05, 3.63) is 72.4 Å². The first-order valence-electron chi connectivity index (χ1n) is 8.03. The minimum absolute atomic E-state index is 0.357. The molecule has 1 amide bonds. The molecule has 0 aliphatic heterocycles. The van der Waals surface area contributed by atoms with E-state index in [0.29, 0.717) is 18.0 Å². The van der Waals surface area contributed by atoms with E-state index in [1.807, 2.05) is 61.5 Å². The van der Waals surface area contributed by atoms with E-state index in [2.05, 4.69) is 10.3 Å². The lowest BCUT2D eigenvalue weighted by Crippen LogP contribution is -2.16. The SMILES string of the molecule is CCOc1ccc(-c2ccnc(Nc3ccccc3)c2C(N)=O)cc1. The molecule has 0 atom stereocenters. The van der Waals surface area contributed by atoms with E-state index in [1.54, 1.807) is 12.3 Å². The van der Waals surface area contributed by atoms with Crippen LogP contribution in [0.2, 0.25) is 0 Å². The number of hydrogen-bond donors (Lipinski definition) is 2. The molecule has 0 aliphatic carbocycles. The maximum absolute atomic E-state index is 12.1. The van der Waals surface area contributed by atoms with Gasteiger partial charge in [0.2, 0.25) is 0 Å². The number of hydrogen-bond acceptors (Lipinski definition) is 4. The highest BCUT2D eigenvalue weighted by Gasteiger charge is 2.16. The van der Waals surface area contributed by atoms with Crippen LogP contribution in [0.3, 0.4) is 0 Å². The van der Waals surface area contributed by atoms with Gasteiger partial charge in [-0.15, -0.1) is 0 Å². The lowest BCUT2D eigenvalue weighted by molar-refractivity contribution is 0.100. The normalized spacial score (nSPS) is 10.3. The number of rotatable bonds is 6. The zero-order valence-corrected chi connectivity index (χ0v) is 13.9. The van der Waals surface area contributed by atoms with Gasteiger partial charge in [0.1, 0.15) is 11.6 Å². The number of carbonyl (C=O) groups is 1. The lowest BCUT2D eigenvalue weighted by atomic mass is 10.00. The van der Waals surface area contributed by atoms with Crippen LogP contribution in [-0.2, 0) is 0 Å². The summed E-state index contributed by atoms with van der Waals surface area (Å²) in [5, 5.41) is 3.16. The molecule has 0 fully saturated rings. The molecule has 0 radical (unpaired) electrons. The van der Waals surface area contributed by atoms with Gasteiger partial charge in [0.05, 0.1) is 12.2 Å². The van der Waals surface area contributed by atoms with Crippen LogP contribution >= 0.6 is 0 Å². The Morgan fingerprint density at radius 2 is 1.80 bits per heavy atom. The average Bonchev–Trinajstić information content (AvgIpc) is 2.63. The summed E-state index contributed by atoms with van der Waals surface area (Å²) in [6.45, 7) is 2.54. The Hall–Kier alpha value is -3.34. The molecule has 2 aromatic carbocycles. The number of primary amides is 1. The Morgan fingerprint density at radius 1 is 1.08 bits per heavy atom. The first kappa shape index (κ1) is 16.5. The van der Waals surface area contributed by atoms with Gasteiger partial charge in [-0.25, -0.2) is 4.98 Å². The highest BCUT2D eigenvalue weighted by Crippen LogP contribution is 2.30. The molecule has 0 saturated heterocycles. The smallest absolute Gasteiger partial charge is 0.253 e. The van der Waals surface area contributed by atoms with Crippen LogP contribution in [0.25, 0.3) is 11.1 Å². The number of nitrogens with zero attached hydrogens (tertiary/aromatic N) is 1. The third-order valence-corrected chi connectivity index (χ3v) is 3.71. The zero-order chi connectivity index (χ0) is 17.6. The maximum Gasteiger partial charge on any atom is 0.253 e. The molecule has 25 heavy (non-hydrogen) atoms. The largest absolute Gasteiger partial charge is 0.494 e. The van der Waals surface area contributed by atoms with Crippen molar-refractivity contribution < 1.29 is 9.53 Å². The number of carbonyl (C=O) groups excluding carboxylic acids is 1. The van der Waals surface area contributed by atoms with E-state index in [-0.39, 0.29) is 0 Å². The van der Waals surface area contributed by atoms with Gasteiger partial charge in [-0.2, -0.15) is 0 Å². The van der Waals surface area contributed by atoms with Crippen molar-refractivity contribution in [2.45, 2.75) is 6.92 Å². The molecule has 0 spiro atoms. The quantitative estimate of drug-likeness (QED) is 0.715. The molecular formula is C20H19N3O2. The van der Waals surface area contributed by atoms with Gasteiger partial charge in [-0.3, -0.25) is 4.79 Å². The number of ether oxygens (including phenoxy) is 1. The Balaban J connectivity index is 2.02. The van der Waals surface area contributed by atoms with Gasteiger partial charge >= 0.3 is 0 Å². The summed E-state index contributed by atoms with van der Waals surface area (Å²) in [5.41, 5.74) is 8.43. The Labute approximate surface area is 146 Å². The molecule has 126 valence electrons. The van der Waals surface area contributed by atoms with Gasteiger partial charge in [-0.1, -0.05) is 30.3 Å². The third-order valence-electron chi connectivity index (χ3n) is 3.71. The zero-order valence-electron chi connectivity index (χ0n) is 13.9. The van der Waals surface area contributed by atoms with Crippen LogP contribution in [0.5, 0.6) is 5.75 Å². The number of benzene rings is 2. The average molecular weight is 333 g/mol. The van der Waals surface area contributed by atoms with E-state index in [0.717, 1.165) is 22.6 Å². The molecule has 5 heteroatoms. The van der Waals surface area contributed by atoms with Crippen LogP contribution in [0.1, 0.15) is 17.3 Å². The van der Waals surface area contributed by atoms with Crippen LogP contribution in [0, 0.1) is 0 Å². The number of pyridine rings is 1. The van der Waals surface area contributed by atoms with E-state index < -0.39 is 5.91 Å². The summed E-state index contributed by atoms with van der Waals surface area (Å²) < 4.78 is 5.46. The molecular weight excluding hydrogens is 314 g/mol. The molecule has 0 saturated carbocycles. The number of nitrogens with two attached hydrogens (primary N) is 1.